The molecule has 0 aliphatic heterocycles. The smallest absolute Gasteiger partial charge is 0.224 e. The van der Waals surface area contributed by atoms with E-state index >= 15 is 0 Å². The number of anilines is 1. The fraction of sp³-hybridized carbons (Fsp3) is 0.375. The second kappa shape index (κ2) is 6.62. The quantitative estimate of drug-likeness (QED) is 0.909. The van der Waals surface area contributed by atoms with Crippen LogP contribution in [0.15, 0.2) is 35.6 Å². The van der Waals surface area contributed by atoms with Gasteiger partial charge in [-0.1, -0.05) is 6.07 Å². The molecule has 0 spiro atoms. The summed E-state index contributed by atoms with van der Waals surface area (Å²) in [7, 11) is 1.78. The highest BCUT2D eigenvalue weighted by molar-refractivity contribution is 5.89. The normalized spacial score (nSPS) is 18.1. The Labute approximate surface area is 129 Å². The zero-order valence-corrected chi connectivity index (χ0v) is 12.5. The maximum atomic E-state index is 9.61. The number of aliphatic imine (C=N–C) groups is 1. The third-order valence-corrected chi connectivity index (χ3v) is 3.73. The molecule has 1 aliphatic rings. The highest BCUT2D eigenvalue weighted by Gasteiger charge is 2.16. The molecule has 3 rings (SSSR count). The van der Waals surface area contributed by atoms with E-state index in [4.69, 9.17) is 4.99 Å². The second-order valence-corrected chi connectivity index (χ2v) is 5.31. The van der Waals surface area contributed by atoms with Crippen LogP contribution in [-0.4, -0.2) is 38.9 Å². The van der Waals surface area contributed by atoms with Crippen LogP contribution in [0.4, 0.5) is 11.8 Å². The van der Waals surface area contributed by atoms with Crippen LogP contribution in [0.25, 0.3) is 11.3 Å². The van der Waals surface area contributed by atoms with Crippen molar-refractivity contribution in [3.8, 4) is 11.3 Å². The highest BCUT2D eigenvalue weighted by atomic mass is 16.3. The van der Waals surface area contributed by atoms with Gasteiger partial charge in [0.25, 0.3) is 0 Å². The molecule has 2 heterocycles. The van der Waals surface area contributed by atoms with Gasteiger partial charge in [-0.3, -0.25) is 4.98 Å². The Morgan fingerprint density at radius 3 is 2.73 bits per heavy atom. The monoisotopic (exact) mass is 297 g/mol. The number of rotatable bonds is 3. The van der Waals surface area contributed by atoms with Gasteiger partial charge in [-0.05, 0) is 37.8 Å². The maximum Gasteiger partial charge on any atom is 0.224 e. The Morgan fingerprint density at radius 1 is 1.23 bits per heavy atom. The molecule has 2 N–H and O–H groups in total. The van der Waals surface area contributed by atoms with Crippen molar-refractivity contribution in [3.05, 3.63) is 30.6 Å². The van der Waals surface area contributed by atoms with E-state index in [2.05, 4.69) is 20.3 Å². The summed E-state index contributed by atoms with van der Waals surface area (Å²) in [6.07, 6.45) is 6.44. The van der Waals surface area contributed by atoms with Crippen LogP contribution in [0.1, 0.15) is 25.7 Å². The Kier molecular flexibility index (Phi) is 4.39. The minimum Gasteiger partial charge on any atom is -0.393 e. The number of hydrogen-bond acceptors (Lipinski definition) is 6. The van der Waals surface area contributed by atoms with E-state index in [0.717, 1.165) is 42.7 Å². The predicted octanol–water partition coefficient (Wildman–Crippen LogP) is 2.59. The van der Waals surface area contributed by atoms with Gasteiger partial charge >= 0.3 is 0 Å². The van der Waals surface area contributed by atoms with Crippen molar-refractivity contribution in [1.82, 2.24) is 15.0 Å². The average molecular weight is 297 g/mol. The van der Waals surface area contributed by atoms with E-state index in [1.54, 1.807) is 19.4 Å². The van der Waals surface area contributed by atoms with Gasteiger partial charge in [0.15, 0.2) is 5.82 Å². The lowest BCUT2D eigenvalue weighted by Crippen LogP contribution is -2.17. The number of aliphatic hydroxyl groups is 1. The lowest BCUT2D eigenvalue weighted by molar-refractivity contribution is 0.152. The van der Waals surface area contributed by atoms with Gasteiger partial charge in [-0.2, -0.15) is 4.98 Å². The summed E-state index contributed by atoms with van der Waals surface area (Å²) in [6.45, 7) is 0. The third kappa shape index (κ3) is 3.28. The third-order valence-electron chi connectivity index (χ3n) is 3.73. The fourth-order valence-electron chi connectivity index (χ4n) is 2.48. The lowest BCUT2D eigenvalue weighted by Gasteiger charge is -2.18. The molecule has 0 saturated heterocycles. The molecule has 6 nitrogen and oxygen atoms in total. The van der Waals surface area contributed by atoms with Crippen LogP contribution in [0.2, 0.25) is 0 Å². The van der Waals surface area contributed by atoms with Crippen molar-refractivity contribution in [2.75, 3.05) is 12.4 Å². The van der Waals surface area contributed by atoms with Gasteiger partial charge in [-0.25, -0.2) is 9.98 Å². The number of hydrogen-bond donors (Lipinski definition) is 2. The fourth-order valence-corrected chi connectivity index (χ4v) is 2.48. The first-order chi connectivity index (χ1) is 10.8. The molecule has 2 aromatic heterocycles. The van der Waals surface area contributed by atoms with Crippen molar-refractivity contribution < 1.29 is 5.11 Å². The maximum absolute atomic E-state index is 9.61. The van der Waals surface area contributed by atoms with E-state index in [1.165, 1.54) is 0 Å². The molecular formula is C16H19N5O. The van der Waals surface area contributed by atoms with Crippen LogP contribution < -0.4 is 5.32 Å². The minimum absolute atomic E-state index is 0.201. The minimum atomic E-state index is -0.201. The molecule has 0 amide bonds. The predicted molar refractivity (Wildman–Crippen MR) is 86.4 cm³/mol. The van der Waals surface area contributed by atoms with E-state index in [9.17, 15) is 5.11 Å². The van der Waals surface area contributed by atoms with E-state index in [1.807, 2.05) is 18.2 Å². The number of nitrogens with one attached hydrogen (secondary N) is 1. The summed E-state index contributed by atoms with van der Waals surface area (Å²) in [6, 6.07) is 5.73. The van der Waals surface area contributed by atoms with Crippen LogP contribution in [0.5, 0.6) is 0 Å². The Hall–Kier alpha value is -2.34. The molecule has 1 aliphatic carbocycles. The second-order valence-electron chi connectivity index (χ2n) is 5.31. The molecule has 0 radical (unpaired) electrons. The molecule has 22 heavy (non-hydrogen) atoms. The number of aromatic nitrogens is 3. The zero-order valence-electron chi connectivity index (χ0n) is 12.5. The summed E-state index contributed by atoms with van der Waals surface area (Å²) in [4.78, 5) is 17.8. The molecule has 6 heteroatoms. The Bertz CT molecular complexity index is 661. The molecule has 1 fully saturated rings. The SMILES string of the molecule is CNc1ncc(-c2ccccn2)c(N=C2CCC(O)CC2)n1. The standard InChI is InChI=1S/C16H19N5O/c1-17-16-19-10-13(14-4-2-3-9-18-14)15(21-16)20-11-5-7-12(22)8-6-11/h2-4,9-10,12,22H,5-8H2,1H3,(H,17,19,21). The first-order valence-corrected chi connectivity index (χ1v) is 7.47. The zero-order chi connectivity index (χ0) is 15.4. The van der Waals surface area contributed by atoms with Gasteiger partial charge in [0, 0.05) is 25.2 Å². The van der Waals surface area contributed by atoms with Crippen molar-refractivity contribution >= 4 is 17.5 Å². The molecule has 0 atom stereocenters. The van der Waals surface area contributed by atoms with Crippen molar-refractivity contribution in [1.29, 1.82) is 0 Å². The van der Waals surface area contributed by atoms with Crippen LogP contribution in [0.3, 0.4) is 0 Å². The van der Waals surface area contributed by atoms with Gasteiger partial charge < -0.3 is 10.4 Å². The molecule has 2 aromatic rings. The van der Waals surface area contributed by atoms with E-state index in [0.29, 0.717) is 11.8 Å². The van der Waals surface area contributed by atoms with Crippen molar-refractivity contribution in [3.63, 3.8) is 0 Å². The number of aliphatic hydroxyl groups excluding tert-OH is 1. The van der Waals surface area contributed by atoms with Crippen molar-refractivity contribution in [2.45, 2.75) is 31.8 Å². The molecule has 0 aromatic carbocycles. The number of nitrogens with zero attached hydrogens (tertiary/aromatic N) is 4. The first kappa shape index (κ1) is 14.6. The summed E-state index contributed by atoms with van der Waals surface area (Å²) in [5.74, 6) is 1.17. The summed E-state index contributed by atoms with van der Waals surface area (Å²) >= 11 is 0. The lowest BCUT2D eigenvalue weighted by atomic mass is 9.96. The van der Waals surface area contributed by atoms with E-state index < -0.39 is 0 Å². The summed E-state index contributed by atoms with van der Waals surface area (Å²) in [5, 5.41) is 12.5. The van der Waals surface area contributed by atoms with Gasteiger partial charge in [0.2, 0.25) is 5.95 Å². The van der Waals surface area contributed by atoms with Gasteiger partial charge in [-0.15, -0.1) is 0 Å². The number of pyridine rings is 1. The van der Waals surface area contributed by atoms with E-state index in [-0.39, 0.29) is 6.10 Å². The van der Waals surface area contributed by atoms with Crippen LogP contribution in [0, 0.1) is 0 Å². The molecule has 0 bridgehead atoms. The summed E-state index contributed by atoms with van der Waals surface area (Å²) in [5.41, 5.74) is 2.70. The molecular weight excluding hydrogens is 278 g/mol. The molecule has 0 unspecified atom stereocenters. The first-order valence-electron chi connectivity index (χ1n) is 7.47. The Morgan fingerprint density at radius 2 is 2.05 bits per heavy atom. The summed E-state index contributed by atoms with van der Waals surface area (Å²) < 4.78 is 0. The largest absolute Gasteiger partial charge is 0.393 e. The molecule has 114 valence electrons. The van der Waals surface area contributed by atoms with Gasteiger partial charge in [0.1, 0.15) is 0 Å². The van der Waals surface area contributed by atoms with Crippen LogP contribution in [-0.2, 0) is 0 Å². The van der Waals surface area contributed by atoms with Crippen molar-refractivity contribution in [2.24, 2.45) is 4.99 Å². The topological polar surface area (TPSA) is 83.3 Å². The highest BCUT2D eigenvalue weighted by Crippen LogP contribution is 2.29. The van der Waals surface area contributed by atoms with Gasteiger partial charge in [0.05, 0.1) is 17.4 Å². The van der Waals surface area contributed by atoms with Crippen LogP contribution >= 0.6 is 0 Å². The Balaban J connectivity index is 1.99. The molecule has 1 saturated carbocycles. The average Bonchev–Trinajstić information content (AvgIpc) is 2.57.